The Morgan fingerprint density at radius 3 is 2.04 bits per heavy atom. The summed E-state index contributed by atoms with van der Waals surface area (Å²) in [6.07, 6.45) is 6.91. The van der Waals surface area contributed by atoms with Gasteiger partial charge in [0.1, 0.15) is 0 Å². The van der Waals surface area contributed by atoms with Crippen LogP contribution in [-0.4, -0.2) is 0 Å². The summed E-state index contributed by atoms with van der Waals surface area (Å²) in [6.45, 7) is 7.15. The molecule has 0 nitrogen and oxygen atoms in total. The standard InChI is InChI=1S/C23H24/c1-4-16-10-9-15-21(16)23(2,3)22-19-13-7-5-11-17(19)18-12-6-8-14-20(18)22/h5-14,22H,4,15H2,1-3H3. The van der Waals surface area contributed by atoms with Crippen LogP contribution in [0.1, 0.15) is 50.7 Å². The third-order valence-corrected chi connectivity index (χ3v) is 5.74. The van der Waals surface area contributed by atoms with Gasteiger partial charge in [-0.05, 0) is 46.1 Å². The largest absolute Gasteiger partial charge is 0.0802 e. The van der Waals surface area contributed by atoms with Gasteiger partial charge in [0.05, 0.1) is 0 Å². The lowest BCUT2D eigenvalue weighted by molar-refractivity contribution is 0.385. The number of hydrogen-bond acceptors (Lipinski definition) is 0. The average molecular weight is 300 g/mol. The van der Waals surface area contributed by atoms with E-state index in [1.54, 1.807) is 5.57 Å². The molecule has 0 atom stereocenters. The second-order valence-electron chi connectivity index (χ2n) is 7.29. The summed E-state index contributed by atoms with van der Waals surface area (Å²) in [6, 6.07) is 17.9. The molecule has 0 spiro atoms. The lowest BCUT2D eigenvalue weighted by Crippen LogP contribution is -2.24. The molecule has 0 aliphatic heterocycles. The monoisotopic (exact) mass is 300 g/mol. The van der Waals surface area contributed by atoms with Crippen LogP contribution in [-0.2, 0) is 0 Å². The van der Waals surface area contributed by atoms with E-state index in [0.717, 1.165) is 12.8 Å². The number of hydrogen-bond donors (Lipinski definition) is 0. The van der Waals surface area contributed by atoms with Crippen molar-refractivity contribution >= 4 is 0 Å². The van der Waals surface area contributed by atoms with Crippen molar-refractivity contribution in [3.05, 3.63) is 83.0 Å². The maximum absolute atomic E-state index is 2.44. The van der Waals surface area contributed by atoms with Crippen LogP contribution in [0, 0.1) is 5.41 Å². The first kappa shape index (κ1) is 14.5. The molecule has 0 radical (unpaired) electrons. The molecule has 2 aromatic rings. The highest BCUT2D eigenvalue weighted by Gasteiger charge is 2.41. The molecule has 0 unspecified atom stereocenters. The van der Waals surface area contributed by atoms with Gasteiger partial charge in [-0.3, -0.25) is 0 Å². The summed E-state index contributed by atoms with van der Waals surface area (Å²) in [5.41, 5.74) is 9.13. The molecule has 0 bridgehead atoms. The van der Waals surface area contributed by atoms with Crippen LogP contribution in [0.25, 0.3) is 11.1 Å². The summed E-state index contributed by atoms with van der Waals surface area (Å²) in [5.74, 6) is 0.450. The molecule has 4 rings (SSSR count). The van der Waals surface area contributed by atoms with Gasteiger partial charge in [0.25, 0.3) is 0 Å². The Kier molecular flexibility index (Phi) is 3.30. The van der Waals surface area contributed by atoms with Gasteiger partial charge in [-0.2, -0.15) is 0 Å². The molecule has 0 heteroatoms. The highest BCUT2D eigenvalue weighted by Crippen LogP contribution is 2.56. The van der Waals surface area contributed by atoms with Gasteiger partial charge in [-0.25, -0.2) is 0 Å². The average Bonchev–Trinajstić information content (AvgIpc) is 3.18. The molecule has 0 saturated carbocycles. The van der Waals surface area contributed by atoms with Crippen molar-refractivity contribution < 1.29 is 0 Å². The van der Waals surface area contributed by atoms with Crippen molar-refractivity contribution in [2.75, 3.05) is 0 Å². The summed E-state index contributed by atoms with van der Waals surface area (Å²) in [4.78, 5) is 0. The Labute approximate surface area is 139 Å². The maximum atomic E-state index is 2.44. The minimum absolute atomic E-state index is 0.136. The Morgan fingerprint density at radius 2 is 1.48 bits per heavy atom. The molecular weight excluding hydrogens is 276 g/mol. The van der Waals surface area contributed by atoms with Crippen molar-refractivity contribution in [3.8, 4) is 11.1 Å². The first-order chi connectivity index (χ1) is 11.1. The maximum Gasteiger partial charge on any atom is 0.0190 e. The van der Waals surface area contributed by atoms with E-state index in [2.05, 4.69) is 81.5 Å². The van der Waals surface area contributed by atoms with Crippen LogP contribution in [0.4, 0.5) is 0 Å². The summed E-state index contributed by atoms with van der Waals surface area (Å²) in [7, 11) is 0. The fourth-order valence-electron chi connectivity index (χ4n) is 4.67. The zero-order chi connectivity index (χ0) is 16.0. The second-order valence-corrected chi connectivity index (χ2v) is 7.29. The highest BCUT2D eigenvalue weighted by molar-refractivity contribution is 5.79. The van der Waals surface area contributed by atoms with Crippen molar-refractivity contribution in [2.24, 2.45) is 5.41 Å². The number of rotatable bonds is 3. The van der Waals surface area contributed by atoms with E-state index in [1.807, 2.05) is 0 Å². The van der Waals surface area contributed by atoms with Crippen LogP contribution < -0.4 is 0 Å². The van der Waals surface area contributed by atoms with Crippen molar-refractivity contribution in [1.82, 2.24) is 0 Å². The molecule has 23 heavy (non-hydrogen) atoms. The normalized spacial score (nSPS) is 16.8. The van der Waals surface area contributed by atoms with Gasteiger partial charge < -0.3 is 0 Å². The van der Waals surface area contributed by atoms with E-state index in [1.165, 1.54) is 27.8 Å². The molecule has 2 aliphatic rings. The third kappa shape index (κ3) is 2.05. The molecular formula is C23H24. The van der Waals surface area contributed by atoms with Crippen molar-refractivity contribution in [2.45, 2.75) is 39.5 Å². The summed E-state index contributed by atoms with van der Waals surface area (Å²) >= 11 is 0. The molecule has 2 aromatic carbocycles. The first-order valence-corrected chi connectivity index (χ1v) is 8.72. The quantitative estimate of drug-likeness (QED) is 0.607. The van der Waals surface area contributed by atoms with Gasteiger partial charge in [-0.1, -0.05) is 87.0 Å². The Balaban J connectivity index is 1.92. The van der Waals surface area contributed by atoms with Gasteiger partial charge in [-0.15, -0.1) is 0 Å². The minimum Gasteiger partial charge on any atom is -0.0802 e. The third-order valence-electron chi connectivity index (χ3n) is 5.74. The van der Waals surface area contributed by atoms with E-state index in [4.69, 9.17) is 0 Å². The van der Waals surface area contributed by atoms with Gasteiger partial charge in [0.2, 0.25) is 0 Å². The lowest BCUT2D eigenvalue weighted by Gasteiger charge is -2.36. The molecule has 0 aromatic heterocycles. The van der Waals surface area contributed by atoms with E-state index >= 15 is 0 Å². The number of fused-ring (bicyclic) bond motifs is 3. The minimum atomic E-state index is 0.136. The van der Waals surface area contributed by atoms with E-state index < -0.39 is 0 Å². The van der Waals surface area contributed by atoms with Crippen LogP contribution >= 0.6 is 0 Å². The Morgan fingerprint density at radius 1 is 0.913 bits per heavy atom. The smallest absolute Gasteiger partial charge is 0.0190 e. The zero-order valence-corrected chi connectivity index (χ0v) is 14.3. The first-order valence-electron chi connectivity index (χ1n) is 8.72. The predicted molar refractivity (Wildman–Crippen MR) is 98.6 cm³/mol. The van der Waals surface area contributed by atoms with Gasteiger partial charge in [0.15, 0.2) is 0 Å². The van der Waals surface area contributed by atoms with E-state index in [0.29, 0.717) is 5.92 Å². The van der Waals surface area contributed by atoms with Gasteiger partial charge in [0, 0.05) is 5.92 Å². The van der Waals surface area contributed by atoms with Crippen LogP contribution in [0.15, 0.2) is 71.8 Å². The fraction of sp³-hybridized carbons (Fsp3) is 0.304. The fourth-order valence-corrected chi connectivity index (χ4v) is 4.67. The Bertz CT molecular complexity index is 772. The van der Waals surface area contributed by atoms with Gasteiger partial charge >= 0.3 is 0 Å². The van der Waals surface area contributed by atoms with Crippen LogP contribution in [0.3, 0.4) is 0 Å². The predicted octanol–water partition coefficient (Wildman–Crippen LogP) is 6.49. The summed E-state index contributed by atoms with van der Waals surface area (Å²) < 4.78 is 0. The topological polar surface area (TPSA) is 0 Å². The lowest BCUT2D eigenvalue weighted by atomic mass is 9.67. The number of allylic oxidation sites excluding steroid dienone is 4. The van der Waals surface area contributed by atoms with Crippen molar-refractivity contribution in [1.29, 1.82) is 0 Å². The molecule has 0 N–H and O–H groups in total. The Hall–Kier alpha value is -2.08. The van der Waals surface area contributed by atoms with E-state index in [-0.39, 0.29) is 5.41 Å². The second kappa shape index (κ2) is 5.23. The summed E-state index contributed by atoms with van der Waals surface area (Å²) in [5, 5.41) is 0. The van der Waals surface area contributed by atoms with Crippen molar-refractivity contribution in [3.63, 3.8) is 0 Å². The van der Waals surface area contributed by atoms with Crippen LogP contribution in [0.5, 0.6) is 0 Å². The molecule has 0 heterocycles. The molecule has 0 amide bonds. The number of benzene rings is 2. The van der Waals surface area contributed by atoms with Crippen LogP contribution in [0.2, 0.25) is 0 Å². The zero-order valence-electron chi connectivity index (χ0n) is 14.3. The van der Waals surface area contributed by atoms with E-state index in [9.17, 15) is 0 Å². The molecule has 2 aliphatic carbocycles. The SMILES string of the molecule is CCC1=C(C(C)(C)C2c3ccccc3-c3ccccc32)CC=C1. The molecule has 116 valence electrons. The highest BCUT2D eigenvalue weighted by atomic mass is 14.4. The molecule has 0 fully saturated rings. The molecule has 0 saturated heterocycles.